The zero-order valence-corrected chi connectivity index (χ0v) is 24.8. The maximum absolute atomic E-state index is 13.7. The van der Waals surface area contributed by atoms with Crippen molar-refractivity contribution in [2.45, 2.75) is 32.6 Å². The van der Waals surface area contributed by atoms with Crippen LogP contribution in [0.5, 0.6) is 5.75 Å². The van der Waals surface area contributed by atoms with Gasteiger partial charge < -0.3 is 24.2 Å². The van der Waals surface area contributed by atoms with Crippen molar-refractivity contribution in [3.05, 3.63) is 89.0 Å². The van der Waals surface area contributed by atoms with Crippen LogP contribution < -0.4 is 10.1 Å². The number of quaternary nitrogens is 1. The van der Waals surface area contributed by atoms with Gasteiger partial charge in [0, 0.05) is 25.2 Å². The highest BCUT2D eigenvalue weighted by atomic mass is 19.4. The van der Waals surface area contributed by atoms with Gasteiger partial charge >= 0.3 is 18.2 Å². The SMILES string of the molecule is CCN(Cc1cc(C(F)(F)F)ccc1-c1cc(CC(=O)OCC[N+](C)(C)C)ccc1OC)C(=O)NCc1ccccc1. The number of hydrogen-bond donors (Lipinski definition) is 1. The van der Waals surface area contributed by atoms with Gasteiger partial charge in [-0.15, -0.1) is 0 Å². The second-order valence-electron chi connectivity index (χ2n) is 11.0. The number of ether oxygens (including phenoxy) is 2. The molecular formula is C32H39F3N3O4+. The van der Waals surface area contributed by atoms with Gasteiger partial charge in [0.15, 0.2) is 0 Å². The Morgan fingerprint density at radius 1 is 0.929 bits per heavy atom. The fourth-order valence-corrected chi connectivity index (χ4v) is 4.31. The molecule has 0 radical (unpaired) electrons. The van der Waals surface area contributed by atoms with E-state index in [1.807, 2.05) is 51.5 Å². The monoisotopic (exact) mass is 586 g/mol. The summed E-state index contributed by atoms with van der Waals surface area (Å²) in [5.41, 5.74) is 1.98. The Kier molecular flexibility index (Phi) is 11.0. The summed E-state index contributed by atoms with van der Waals surface area (Å²) >= 11 is 0. The number of likely N-dealkylation sites (N-methyl/N-ethyl adjacent to an activating group) is 1. The van der Waals surface area contributed by atoms with Crippen molar-refractivity contribution in [3.8, 4) is 16.9 Å². The third kappa shape index (κ3) is 9.51. The Labute approximate surface area is 245 Å². The molecule has 0 fully saturated rings. The van der Waals surface area contributed by atoms with E-state index in [2.05, 4.69) is 5.32 Å². The number of methoxy groups -OCH3 is 1. The number of hydrogen-bond acceptors (Lipinski definition) is 4. The molecule has 7 nitrogen and oxygen atoms in total. The van der Waals surface area contributed by atoms with Gasteiger partial charge in [-0.2, -0.15) is 13.2 Å². The molecule has 0 aliphatic heterocycles. The number of nitrogens with zero attached hydrogens (tertiary/aromatic N) is 2. The summed E-state index contributed by atoms with van der Waals surface area (Å²) in [6.07, 6.45) is -4.57. The van der Waals surface area contributed by atoms with Crippen molar-refractivity contribution in [2.75, 3.05) is 47.9 Å². The molecule has 0 spiro atoms. The average Bonchev–Trinajstić information content (AvgIpc) is 2.93. The maximum Gasteiger partial charge on any atom is 0.416 e. The van der Waals surface area contributed by atoms with Crippen LogP contribution in [0.25, 0.3) is 11.1 Å². The second kappa shape index (κ2) is 14.2. The van der Waals surface area contributed by atoms with Gasteiger partial charge in [-0.05, 0) is 53.4 Å². The van der Waals surface area contributed by atoms with Crippen molar-refractivity contribution >= 4 is 12.0 Å². The van der Waals surface area contributed by atoms with Crippen LogP contribution in [0, 0.1) is 0 Å². The van der Waals surface area contributed by atoms with Crippen molar-refractivity contribution in [1.29, 1.82) is 0 Å². The van der Waals surface area contributed by atoms with Crippen LogP contribution >= 0.6 is 0 Å². The molecule has 42 heavy (non-hydrogen) atoms. The molecule has 0 aliphatic carbocycles. The van der Waals surface area contributed by atoms with Crippen molar-refractivity contribution in [2.24, 2.45) is 0 Å². The molecule has 0 saturated carbocycles. The summed E-state index contributed by atoms with van der Waals surface area (Å²) < 4.78 is 52.8. The van der Waals surface area contributed by atoms with Crippen molar-refractivity contribution in [1.82, 2.24) is 10.2 Å². The molecule has 3 rings (SSSR count). The number of carbonyl (C=O) groups is 2. The largest absolute Gasteiger partial charge is 0.496 e. The zero-order valence-electron chi connectivity index (χ0n) is 24.8. The predicted octanol–water partition coefficient (Wildman–Crippen LogP) is 5.90. The van der Waals surface area contributed by atoms with Gasteiger partial charge in [0.05, 0.1) is 40.2 Å². The van der Waals surface area contributed by atoms with E-state index in [1.165, 1.54) is 18.1 Å². The highest BCUT2D eigenvalue weighted by Crippen LogP contribution is 2.38. The summed E-state index contributed by atoms with van der Waals surface area (Å²) in [4.78, 5) is 27.0. The second-order valence-corrected chi connectivity index (χ2v) is 11.0. The lowest BCUT2D eigenvalue weighted by Gasteiger charge is -2.24. The first-order valence-corrected chi connectivity index (χ1v) is 13.7. The van der Waals surface area contributed by atoms with Gasteiger partial charge in [-0.1, -0.05) is 42.5 Å². The zero-order chi connectivity index (χ0) is 30.9. The van der Waals surface area contributed by atoms with E-state index < -0.39 is 23.7 Å². The molecule has 0 atom stereocenters. The number of amides is 2. The topological polar surface area (TPSA) is 67.9 Å². The third-order valence-electron chi connectivity index (χ3n) is 6.68. The highest BCUT2D eigenvalue weighted by molar-refractivity contribution is 5.79. The van der Waals surface area contributed by atoms with Crippen LogP contribution in [-0.4, -0.2) is 69.3 Å². The van der Waals surface area contributed by atoms with Crippen LogP contribution in [0.3, 0.4) is 0 Å². The number of esters is 1. The van der Waals surface area contributed by atoms with Gasteiger partial charge in [0.25, 0.3) is 0 Å². The molecule has 226 valence electrons. The molecule has 0 aliphatic rings. The van der Waals surface area contributed by atoms with Crippen LogP contribution in [0.4, 0.5) is 18.0 Å². The minimum absolute atomic E-state index is 0.00686. The fourth-order valence-electron chi connectivity index (χ4n) is 4.31. The van der Waals surface area contributed by atoms with Crippen LogP contribution in [-0.2, 0) is 35.2 Å². The summed E-state index contributed by atoms with van der Waals surface area (Å²) in [5, 5.41) is 2.84. The van der Waals surface area contributed by atoms with Crippen molar-refractivity contribution < 1.29 is 36.7 Å². The summed E-state index contributed by atoms with van der Waals surface area (Å²) in [6.45, 7) is 3.17. The Hall–Kier alpha value is -4.05. The number of alkyl halides is 3. The average molecular weight is 587 g/mol. The molecule has 1 N–H and O–H groups in total. The number of halogens is 3. The van der Waals surface area contributed by atoms with E-state index in [-0.39, 0.29) is 32.7 Å². The van der Waals surface area contributed by atoms with Gasteiger partial charge in [0.2, 0.25) is 0 Å². The van der Waals surface area contributed by atoms with Crippen molar-refractivity contribution in [3.63, 3.8) is 0 Å². The number of urea groups is 1. The van der Waals surface area contributed by atoms with Gasteiger partial charge in [-0.3, -0.25) is 4.79 Å². The minimum atomic E-state index is -4.57. The molecule has 2 amide bonds. The van der Waals surface area contributed by atoms with E-state index in [1.54, 1.807) is 25.1 Å². The van der Waals surface area contributed by atoms with E-state index in [9.17, 15) is 22.8 Å². The van der Waals surface area contributed by atoms with Crippen LogP contribution in [0.1, 0.15) is 29.2 Å². The fraction of sp³-hybridized carbons (Fsp3) is 0.375. The molecule has 3 aromatic carbocycles. The van der Waals surface area contributed by atoms with E-state index in [0.29, 0.717) is 39.0 Å². The molecule has 0 heterocycles. The first-order valence-electron chi connectivity index (χ1n) is 13.7. The standard InChI is InChI=1S/C32H38F3N3O4/c1-6-37(31(40)36-21-23-10-8-7-9-11-23)22-25-20-26(32(33,34)35)13-14-27(25)28-18-24(12-15-29(28)41-5)19-30(39)42-17-16-38(2,3)4/h7-15,18,20H,6,16-17,19,21-22H2,1-5H3/p+1. The quantitative estimate of drug-likeness (QED) is 0.212. The molecule has 0 bridgehead atoms. The maximum atomic E-state index is 13.7. The summed E-state index contributed by atoms with van der Waals surface area (Å²) in [7, 11) is 7.46. The van der Waals surface area contributed by atoms with Crippen LogP contribution in [0.2, 0.25) is 0 Å². The van der Waals surface area contributed by atoms with E-state index >= 15 is 0 Å². The highest BCUT2D eigenvalue weighted by Gasteiger charge is 2.32. The minimum Gasteiger partial charge on any atom is -0.496 e. The molecular weight excluding hydrogens is 547 g/mol. The Morgan fingerprint density at radius 3 is 2.26 bits per heavy atom. The number of benzene rings is 3. The third-order valence-corrected chi connectivity index (χ3v) is 6.68. The van der Waals surface area contributed by atoms with Crippen LogP contribution in [0.15, 0.2) is 66.7 Å². The predicted molar refractivity (Wildman–Crippen MR) is 156 cm³/mol. The first kappa shape index (κ1) is 32.5. The molecule has 0 unspecified atom stereocenters. The molecule has 0 saturated heterocycles. The normalized spacial score (nSPS) is 11.6. The summed E-state index contributed by atoms with van der Waals surface area (Å²) in [6, 6.07) is 17.5. The number of nitrogens with one attached hydrogen (secondary N) is 1. The Bertz CT molecular complexity index is 1360. The van der Waals surface area contributed by atoms with Gasteiger partial charge in [-0.25, -0.2) is 4.79 Å². The number of rotatable bonds is 12. The lowest BCUT2D eigenvalue weighted by Crippen LogP contribution is -2.39. The van der Waals surface area contributed by atoms with E-state index in [4.69, 9.17) is 9.47 Å². The summed E-state index contributed by atoms with van der Waals surface area (Å²) in [5.74, 6) is 0.0224. The Balaban J connectivity index is 1.91. The number of carbonyl (C=O) groups excluding carboxylic acids is 2. The van der Waals surface area contributed by atoms with E-state index in [0.717, 1.165) is 17.7 Å². The molecule has 0 aromatic heterocycles. The van der Waals surface area contributed by atoms with Gasteiger partial charge in [0.1, 0.15) is 18.9 Å². The molecule has 10 heteroatoms. The smallest absolute Gasteiger partial charge is 0.416 e. The Morgan fingerprint density at radius 2 is 1.64 bits per heavy atom. The molecule has 3 aromatic rings. The lowest BCUT2D eigenvalue weighted by molar-refractivity contribution is -0.870. The first-order chi connectivity index (χ1) is 19.8. The lowest BCUT2D eigenvalue weighted by atomic mass is 9.94.